The predicted molar refractivity (Wildman–Crippen MR) is 82.8 cm³/mol. The first kappa shape index (κ1) is 14.6. The molecule has 3 heterocycles. The van der Waals surface area contributed by atoms with Crippen molar-refractivity contribution in [2.75, 3.05) is 6.54 Å². The van der Waals surface area contributed by atoms with Crippen molar-refractivity contribution >= 4 is 28.1 Å². The molecule has 0 amide bonds. The zero-order valence-electron chi connectivity index (χ0n) is 12.2. The highest BCUT2D eigenvalue weighted by molar-refractivity contribution is 7.99. The molecule has 0 saturated heterocycles. The molecule has 0 aromatic carbocycles. The number of hydrogen-bond donors (Lipinski definition) is 1. The lowest BCUT2D eigenvalue weighted by molar-refractivity contribution is 0.429. The summed E-state index contributed by atoms with van der Waals surface area (Å²) in [5.74, 6) is 1.18. The summed E-state index contributed by atoms with van der Waals surface area (Å²) in [6.07, 6.45) is 2.04. The predicted octanol–water partition coefficient (Wildman–Crippen LogP) is 2.98. The van der Waals surface area contributed by atoms with E-state index in [9.17, 15) is 0 Å². The number of fused-ring (bicyclic) bond motifs is 1. The number of nitrogens with one attached hydrogen (secondary N) is 1. The number of hydrogen-bond acceptors (Lipinski definition) is 7. The molecule has 0 unspecified atom stereocenters. The van der Waals surface area contributed by atoms with Crippen molar-refractivity contribution in [1.29, 1.82) is 0 Å². The Labute approximate surface area is 131 Å². The van der Waals surface area contributed by atoms with Crippen LogP contribution < -0.4 is 5.32 Å². The van der Waals surface area contributed by atoms with Crippen molar-refractivity contribution in [3.05, 3.63) is 23.2 Å². The summed E-state index contributed by atoms with van der Waals surface area (Å²) >= 11 is 3.04. The summed E-state index contributed by atoms with van der Waals surface area (Å²) in [7, 11) is 0. The van der Waals surface area contributed by atoms with Crippen LogP contribution in [0.2, 0.25) is 0 Å². The fourth-order valence-corrected chi connectivity index (χ4v) is 3.56. The molecule has 1 N–H and O–H groups in total. The van der Waals surface area contributed by atoms with Crippen molar-refractivity contribution < 1.29 is 4.42 Å². The van der Waals surface area contributed by atoms with Gasteiger partial charge in [-0.1, -0.05) is 13.8 Å². The second kappa shape index (κ2) is 6.17. The third-order valence-electron chi connectivity index (χ3n) is 2.86. The van der Waals surface area contributed by atoms with Gasteiger partial charge in [-0.25, -0.2) is 4.98 Å². The van der Waals surface area contributed by atoms with Gasteiger partial charge in [-0.05, 0) is 24.2 Å². The molecule has 0 saturated carbocycles. The van der Waals surface area contributed by atoms with Crippen LogP contribution in [0, 0.1) is 12.8 Å². The van der Waals surface area contributed by atoms with E-state index >= 15 is 0 Å². The fourth-order valence-electron chi connectivity index (χ4n) is 1.94. The Kier molecular flexibility index (Phi) is 4.27. The quantitative estimate of drug-likeness (QED) is 0.752. The van der Waals surface area contributed by atoms with Crippen LogP contribution in [0.15, 0.2) is 26.2 Å². The summed E-state index contributed by atoms with van der Waals surface area (Å²) in [5, 5.41) is 14.8. The lowest BCUT2D eigenvalue weighted by atomic mass is 10.2. The van der Waals surface area contributed by atoms with Crippen molar-refractivity contribution in [1.82, 2.24) is 24.9 Å². The SMILES string of the molecule is Cc1nnc(Sc2nc3sccn3c2CNCC(C)C)o1. The molecule has 0 radical (unpaired) electrons. The molecule has 0 aliphatic rings. The Morgan fingerprint density at radius 1 is 1.43 bits per heavy atom. The summed E-state index contributed by atoms with van der Waals surface area (Å²) in [5.41, 5.74) is 1.13. The van der Waals surface area contributed by atoms with Crippen LogP contribution in [0.25, 0.3) is 4.96 Å². The first-order valence-corrected chi connectivity index (χ1v) is 8.46. The zero-order chi connectivity index (χ0) is 14.8. The second-order valence-electron chi connectivity index (χ2n) is 5.13. The van der Waals surface area contributed by atoms with E-state index in [-0.39, 0.29) is 0 Å². The highest BCUT2D eigenvalue weighted by Gasteiger charge is 2.16. The number of rotatable bonds is 6. The van der Waals surface area contributed by atoms with E-state index in [2.05, 4.69) is 38.7 Å². The maximum Gasteiger partial charge on any atom is 0.282 e. The molecule has 112 valence electrons. The minimum Gasteiger partial charge on any atom is -0.416 e. The first-order valence-electron chi connectivity index (χ1n) is 6.76. The molecule has 0 bridgehead atoms. The molecule has 6 nitrogen and oxygen atoms in total. The molecule has 3 rings (SSSR count). The second-order valence-corrected chi connectivity index (χ2v) is 6.95. The Morgan fingerprint density at radius 3 is 3.00 bits per heavy atom. The van der Waals surface area contributed by atoms with Gasteiger partial charge in [-0.15, -0.1) is 21.5 Å². The normalized spacial score (nSPS) is 11.8. The van der Waals surface area contributed by atoms with E-state index in [1.54, 1.807) is 18.3 Å². The largest absolute Gasteiger partial charge is 0.416 e. The highest BCUT2D eigenvalue weighted by Crippen LogP contribution is 2.30. The van der Waals surface area contributed by atoms with Crippen molar-refractivity contribution in [2.24, 2.45) is 5.92 Å². The molecule has 8 heteroatoms. The number of thiazole rings is 1. The van der Waals surface area contributed by atoms with Gasteiger partial charge < -0.3 is 9.73 Å². The topological polar surface area (TPSA) is 68.2 Å². The standard InChI is InChI=1S/C13H17N5OS2/c1-8(2)6-14-7-10-11(15-12-18(10)4-5-20-12)21-13-17-16-9(3)19-13/h4-5,8,14H,6-7H2,1-3H3. The average Bonchev–Trinajstić information content (AvgIpc) is 3.09. The molecule has 3 aromatic heterocycles. The molecular formula is C13H17N5OS2. The molecule has 0 aliphatic carbocycles. The smallest absolute Gasteiger partial charge is 0.282 e. The van der Waals surface area contributed by atoms with Gasteiger partial charge in [-0.3, -0.25) is 4.40 Å². The van der Waals surface area contributed by atoms with E-state index in [1.165, 1.54) is 11.8 Å². The Balaban J connectivity index is 1.84. The van der Waals surface area contributed by atoms with E-state index in [0.717, 1.165) is 28.8 Å². The summed E-state index contributed by atoms with van der Waals surface area (Å²) in [4.78, 5) is 5.63. The fraction of sp³-hybridized carbons (Fsp3) is 0.462. The van der Waals surface area contributed by atoms with Gasteiger partial charge in [0.2, 0.25) is 5.89 Å². The van der Waals surface area contributed by atoms with Crippen molar-refractivity contribution in [3.8, 4) is 0 Å². The molecule has 21 heavy (non-hydrogen) atoms. The Hall–Kier alpha value is -1.38. The zero-order valence-corrected chi connectivity index (χ0v) is 13.8. The monoisotopic (exact) mass is 323 g/mol. The van der Waals surface area contributed by atoms with E-state index in [1.807, 2.05) is 11.6 Å². The molecule has 0 aliphatic heterocycles. The van der Waals surface area contributed by atoms with Crippen LogP contribution in [0.1, 0.15) is 25.4 Å². The average molecular weight is 323 g/mol. The Morgan fingerprint density at radius 2 is 2.29 bits per heavy atom. The minimum absolute atomic E-state index is 0.531. The number of imidazole rings is 1. The van der Waals surface area contributed by atoms with Crippen LogP contribution in [0.5, 0.6) is 0 Å². The van der Waals surface area contributed by atoms with Gasteiger partial charge in [0, 0.05) is 25.0 Å². The highest BCUT2D eigenvalue weighted by atomic mass is 32.2. The summed E-state index contributed by atoms with van der Waals surface area (Å²) < 4.78 is 7.55. The van der Waals surface area contributed by atoms with E-state index in [4.69, 9.17) is 4.42 Å². The number of aromatic nitrogens is 4. The molecule has 0 fully saturated rings. The number of aryl methyl sites for hydroxylation is 1. The van der Waals surface area contributed by atoms with Gasteiger partial charge >= 0.3 is 0 Å². The number of nitrogens with zero attached hydrogens (tertiary/aromatic N) is 4. The van der Waals surface area contributed by atoms with Gasteiger partial charge in [0.15, 0.2) is 4.96 Å². The third-order valence-corrected chi connectivity index (χ3v) is 4.48. The van der Waals surface area contributed by atoms with Gasteiger partial charge in [0.1, 0.15) is 5.03 Å². The van der Waals surface area contributed by atoms with Crippen LogP contribution in [0.4, 0.5) is 0 Å². The lowest BCUT2D eigenvalue weighted by Gasteiger charge is -2.07. The summed E-state index contributed by atoms with van der Waals surface area (Å²) in [6, 6.07) is 0. The molecule has 0 spiro atoms. The van der Waals surface area contributed by atoms with Gasteiger partial charge in [0.25, 0.3) is 5.22 Å². The molecule has 0 atom stereocenters. The third kappa shape index (κ3) is 3.28. The Bertz CT molecular complexity index is 730. The van der Waals surface area contributed by atoms with Crippen LogP contribution in [-0.2, 0) is 6.54 Å². The van der Waals surface area contributed by atoms with Crippen molar-refractivity contribution in [3.63, 3.8) is 0 Å². The van der Waals surface area contributed by atoms with Crippen LogP contribution >= 0.6 is 23.1 Å². The molecular weight excluding hydrogens is 306 g/mol. The van der Waals surface area contributed by atoms with Gasteiger partial charge in [-0.2, -0.15) is 0 Å². The molecule has 3 aromatic rings. The maximum atomic E-state index is 5.43. The van der Waals surface area contributed by atoms with Crippen LogP contribution in [-0.4, -0.2) is 26.1 Å². The summed E-state index contributed by atoms with van der Waals surface area (Å²) in [6.45, 7) is 7.92. The first-order chi connectivity index (χ1) is 10.1. The van der Waals surface area contributed by atoms with Crippen LogP contribution in [0.3, 0.4) is 0 Å². The van der Waals surface area contributed by atoms with E-state index in [0.29, 0.717) is 17.0 Å². The maximum absolute atomic E-state index is 5.43. The van der Waals surface area contributed by atoms with E-state index < -0.39 is 0 Å². The van der Waals surface area contributed by atoms with Gasteiger partial charge in [0.05, 0.1) is 5.69 Å². The minimum atomic E-state index is 0.531. The van der Waals surface area contributed by atoms with Crippen molar-refractivity contribution in [2.45, 2.75) is 37.6 Å². The lowest BCUT2D eigenvalue weighted by Crippen LogP contribution is -2.20.